The van der Waals surface area contributed by atoms with Crippen LogP contribution in [0.5, 0.6) is 0 Å². The summed E-state index contributed by atoms with van der Waals surface area (Å²) in [4.78, 5) is 29.7. The summed E-state index contributed by atoms with van der Waals surface area (Å²) in [6.45, 7) is 2.64. The molecule has 0 aliphatic carbocycles. The molecule has 5 nitrogen and oxygen atoms in total. The van der Waals surface area contributed by atoms with Crippen LogP contribution in [0.25, 0.3) is 0 Å². The van der Waals surface area contributed by atoms with Gasteiger partial charge >= 0.3 is 0 Å². The molecule has 27 heavy (non-hydrogen) atoms. The molecule has 4 rings (SSSR count). The van der Waals surface area contributed by atoms with Gasteiger partial charge in [0.1, 0.15) is 0 Å². The Kier molecular flexibility index (Phi) is 5.34. The van der Waals surface area contributed by atoms with E-state index in [9.17, 15) is 9.59 Å². The number of hydrogen-bond acceptors (Lipinski definition) is 4. The second-order valence-electron chi connectivity index (χ2n) is 7.24. The number of hydrogen-bond donors (Lipinski definition) is 1. The second kappa shape index (κ2) is 7.73. The van der Waals surface area contributed by atoms with E-state index in [0.717, 1.165) is 35.4 Å². The van der Waals surface area contributed by atoms with E-state index < -0.39 is 0 Å². The monoisotopic (exact) mass is 447 g/mol. The molecule has 1 aromatic carbocycles. The molecule has 2 amide bonds. The third-order valence-electron chi connectivity index (χ3n) is 5.28. The van der Waals surface area contributed by atoms with E-state index in [1.54, 1.807) is 6.07 Å². The van der Waals surface area contributed by atoms with E-state index in [2.05, 4.69) is 45.3 Å². The summed E-state index contributed by atoms with van der Waals surface area (Å²) >= 11 is 4.77. The number of likely N-dealkylation sites (N-methyl/N-ethyl adjacent to an activating group) is 1. The van der Waals surface area contributed by atoms with Gasteiger partial charge in [0, 0.05) is 31.7 Å². The third kappa shape index (κ3) is 4.10. The third-order valence-corrected chi connectivity index (χ3v) is 6.91. The molecule has 1 aromatic heterocycles. The van der Waals surface area contributed by atoms with Gasteiger partial charge in [-0.3, -0.25) is 9.59 Å². The summed E-state index contributed by atoms with van der Waals surface area (Å²) in [5, 5.41) is 3.00. The van der Waals surface area contributed by atoms with Crippen molar-refractivity contribution in [3.05, 3.63) is 50.1 Å². The van der Waals surface area contributed by atoms with Gasteiger partial charge in [-0.05, 0) is 71.2 Å². The van der Waals surface area contributed by atoms with Crippen LogP contribution in [0.15, 0.2) is 34.1 Å². The zero-order valence-corrected chi connectivity index (χ0v) is 17.6. The Hall–Kier alpha value is -1.70. The minimum atomic E-state index is -0.157. The SMILES string of the molecule is CN1CCc2ccc(N3C[C@H](NC(=O)c4ccc(Br)s4)CC3=O)cc2CC1. The first-order valence-electron chi connectivity index (χ1n) is 9.16. The average molecular weight is 448 g/mol. The summed E-state index contributed by atoms with van der Waals surface area (Å²) in [5.74, 6) is -0.0475. The molecule has 0 unspecified atom stereocenters. The molecule has 1 N–H and O–H groups in total. The molecule has 0 saturated carbocycles. The molecule has 2 aliphatic heterocycles. The number of amides is 2. The fourth-order valence-electron chi connectivity index (χ4n) is 3.74. The number of nitrogens with one attached hydrogen (secondary N) is 1. The number of carbonyl (C=O) groups is 2. The molecule has 1 saturated heterocycles. The molecule has 1 atom stereocenters. The number of halogens is 1. The Labute approximate surface area is 171 Å². The molecule has 2 aromatic rings. The summed E-state index contributed by atoms with van der Waals surface area (Å²) in [6.07, 6.45) is 2.41. The summed E-state index contributed by atoms with van der Waals surface area (Å²) in [5.41, 5.74) is 3.65. The lowest BCUT2D eigenvalue weighted by Crippen LogP contribution is -2.36. The minimum absolute atomic E-state index is 0.0679. The fourth-order valence-corrected chi connectivity index (χ4v) is 5.03. The molecular formula is C20H22BrN3O2S. The van der Waals surface area contributed by atoms with Crippen molar-refractivity contribution < 1.29 is 9.59 Å². The Morgan fingerprint density at radius 3 is 2.70 bits per heavy atom. The Bertz CT molecular complexity index is 882. The zero-order chi connectivity index (χ0) is 19.0. The van der Waals surface area contributed by atoms with E-state index in [1.807, 2.05) is 17.0 Å². The van der Waals surface area contributed by atoms with Gasteiger partial charge in [-0.15, -0.1) is 11.3 Å². The summed E-state index contributed by atoms with van der Waals surface area (Å²) < 4.78 is 0.924. The number of benzene rings is 1. The number of rotatable bonds is 3. The van der Waals surface area contributed by atoms with Crippen LogP contribution >= 0.6 is 27.3 Å². The van der Waals surface area contributed by atoms with Gasteiger partial charge in [0.15, 0.2) is 0 Å². The van der Waals surface area contributed by atoms with Crippen molar-refractivity contribution in [2.45, 2.75) is 25.3 Å². The van der Waals surface area contributed by atoms with Gasteiger partial charge in [0.2, 0.25) is 5.91 Å². The fraction of sp³-hybridized carbons (Fsp3) is 0.400. The van der Waals surface area contributed by atoms with Crippen molar-refractivity contribution in [2.24, 2.45) is 0 Å². The van der Waals surface area contributed by atoms with Gasteiger partial charge < -0.3 is 15.1 Å². The molecule has 3 heterocycles. The van der Waals surface area contributed by atoms with Crippen molar-refractivity contribution in [2.75, 3.05) is 31.6 Å². The van der Waals surface area contributed by atoms with Gasteiger partial charge in [-0.2, -0.15) is 0 Å². The van der Waals surface area contributed by atoms with E-state index in [0.29, 0.717) is 17.8 Å². The van der Waals surface area contributed by atoms with Crippen LogP contribution in [0.2, 0.25) is 0 Å². The van der Waals surface area contributed by atoms with Crippen molar-refractivity contribution in [3.63, 3.8) is 0 Å². The zero-order valence-electron chi connectivity index (χ0n) is 15.2. The van der Waals surface area contributed by atoms with Gasteiger partial charge in [-0.1, -0.05) is 6.07 Å². The summed E-state index contributed by atoms with van der Waals surface area (Å²) in [6, 6.07) is 9.86. The van der Waals surface area contributed by atoms with Gasteiger partial charge in [-0.25, -0.2) is 0 Å². The molecule has 0 bridgehead atoms. The maximum absolute atomic E-state index is 12.6. The Morgan fingerprint density at radius 1 is 1.19 bits per heavy atom. The highest BCUT2D eigenvalue weighted by Gasteiger charge is 2.32. The minimum Gasteiger partial charge on any atom is -0.346 e. The number of fused-ring (bicyclic) bond motifs is 1. The van der Waals surface area contributed by atoms with Gasteiger partial charge in [0.25, 0.3) is 5.91 Å². The van der Waals surface area contributed by atoms with Crippen LogP contribution < -0.4 is 10.2 Å². The van der Waals surface area contributed by atoms with E-state index >= 15 is 0 Å². The maximum atomic E-state index is 12.6. The smallest absolute Gasteiger partial charge is 0.261 e. The number of anilines is 1. The molecule has 142 valence electrons. The van der Waals surface area contributed by atoms with E-state index in [4.69, 9.17) is 0 Å². The first kappa shape index (κ1) is 18.7. The van der Waals surface area contributed by atoms with Gasteiger partial charge in [0.05, 0.1) is 14.7 Å². The number of nitrogens with zero attached hydrogens (tertiary/aromatic N) is 2. The maximum Gasteiger partial charge on any atom is 0.261 e. The topological polar surface area (TPSA) is 52.6 Å². The highest BCUT2D eigenvalue weighted by atomic mass is 79.9. The first-order chi connectivity index (χ1) is 13.0. The number of carbonyl (C=O) groups excluding carboxylic acids is 2. The standard InChI is InChI=1S/C20H22BrN3O2S/c1-23-8-6-13-2-3-16(10-14(13)7-9-23)24-12-15(11-19(24)25)22-20(26)17-4-5-18(21)27-17/h2-5,10,15H,6-9,11-12H2,1H3,(H,22,26)/t15-/m1/s1. The van der Waals surface area contributed by atoms with Crippen LogP contribution in [-0.4, -0.2) is 49.4 Å². The molecule has 2 aliphatic rings. The lowest BCUT2D eigenvalue weighted by atomic mass is 10.0. The second-order valence-corrected chi connectivity index (χ2v) is 9.70. The van der Waals surface area contributed by atoms with Crippen molar-refractivity contribution in [1.82, 2.24) is 10.2 Å². The Morgan fingerprint density at radius 2 is 1.96 bits per heavy atom. The lowest BCUT2D eigenvalue weighted by Gasteiger charge is -2.19. The predicted molar refractivity (Wildman–Crippen MR) is 112 cm³/mol. The molecular weight excluding hydrogens is 426 g/mol. The lowest BCUT2D eigenvalue weighted by molar-refractivity contribution is -0.117. The highest BCUT2D eigenvalue weighted by molar-refractivity contribution is 9.11. The van der Waals surface area contributed by atoms with Crippen molar-refractivity contribution >= 4 is 44.8 Å². The van der Waals surface area contributed by atoms with Crippen molar-refractivity contribution in [1.29, 1.82) is 0 Å². The normalized spacial score (nSPS) is 20.4. The predicted octanol–water partition coefficient (Wildman–Crippen LogP) is 3.08. The quantitative estimate of drug-likeness (QED) is 0.786. The van der Waals surface area contributed by atoms with Crippen LogP contribution in [0.1, 0.15) is 27.2 Å². The Balaban J connectivity index is 1.46. The van der Waals surface area contributed by atoms with E-state index in [1.165, 1.54) is 22.5 Å². The molecule has 1 fully saturated rings. The molecule has 0 radical (unpaired) electrons. The van der Waals surface area contributed by atoms with Crippen molar-refractivity contribution in [3.8, 4) is 0 Å². The van der Waals surface area contributed by atoms with Crippen LogP contribution in [-0.2, 0) is 17.6 Å². The average Bonchev–Trinajstić information content (AvgIpc) is 3.18. The summed E-state index contributed by atoms with van der Waals surface area (Å²) in [7, 11) is 2.15. The molecule has 7 heteroatoms. The van der Waals surface area contributed by atoms with Crippen LogP contribution in [0, 0.1) is 0 Å². The highest BCUT2D eigenvalue weighted by Crippen LogP contribution is 2.27. The number of thiophene rings is 1. The van der Waals surface area contributed by atoms with Crippen LogP contribution in [0.3, 0.4) is 0 Å². The first-order valence-corrected chi connectivity index (χ1v) is 10.8. The molecule has 0 spiro atoms. The van der Waals surface area contributed by atoms with E-state index in [-0.39, 0.29) is 17.9 Å². The largest absolute Gasteiger partial charge is 0.346 e. The van der Waals surface area contributed by atoms with Crippen LogP contribution in [0.4, 0.5) is 5.69 Å².